The second-order valence-corrected chi connectivity index (χ2v) is 7.49. The molecule has 6 heteroatoms. The van der Waals surface area contributed by atoms with Crippen LogP contribution in [0.3, 0.4) is 0 Å². The first kappa shape index (κ1) is 14.0. The molecule has 0 saturated carbocycles. The molecule has 0 fully saturated rings. The van der Waals surface area contributed by atoms with Crippen molar-refractivity contribution in [3.8, 4) is 10.8 Å². The number of benzene rings is 1. The van der Waals surface area contributed by atoms with E-state index in [0.29, 0.717) is 11.7 Å². The molecule has 0 amide bonds. The molecule has 0 aliphatic heterocycles. The Morgan fingerprint density at radius 1 is 1.10 bits per heavy atom. The van der Waals surface area contributed by atoms with Crippen LogP contribution in [0.5, 0.6) is 0 Å². The Labute approximate surface area is 127 Å². The number of aromatic nitrogens is 1. The van der Waals surface area contributed by atoms with Crippen molar-refractivity contribution in [2.24, 2.45) is 0 Å². The summed E-state index contributed by atoms with van der Waals surface area (Å²) in [6.45, 7) is 3.53. The molecule has 0 spiro atoms. The maximum Gasteiger partial charge on any atom is 0.237 e. The second kappa shape index (κ2) is 5.13. The summed E-state index contributed by atoms with van der Waals surface area (Å²) in [5, 5.41) is 1.87. The largest absolute Gasteiger partial charge is 0.439 e. The van der Waals surface area contributed by atoms with Crippen LogP contribution < -0.4 is 0 Å². The van der Waals surface area contributed by atoms with Gasteiger partial charge in [-0.1, -0.05) is 23.8 Å². The van der Waals surface area contributed by atoms with E-state index in [1.807, 2.05) is 24.4 Å². The third-order valence-corrected chi connectivity index (χ3v) is 5.71. The predicted octanol–water partition coefficient (Wildman–Crippen LogP) is 3.85. The average molecular weight is 319 g/mol. The van der Waals surface area contributed by atoms with Crippen molar-refractivity contribution in [1.82, 2.24) is 4.98 Å². The molecule has 4 nitrogen and oxygen atoms in total. The van der Waals surface area contributed by atoms with Gasteiger partial charge in [-0.2, -0.15) is 4.98 Å². The number of nitrogens with zero attached hydrogens (tertiary/aromatic N) is 1. The zero-order chi connectivity index (χ0) is 15.0. The van der Waals surface area contributed by atoms with Crippen LogP contribution in [-0.2, 0) is 9.84 Å². The smallest absolute Gasteiger partial charge is 0.237 e. The Hall–Kier alpha value is -1.92. The average Bonchev–Trinajstić information content (AvgIpc) is 3.08. The van der Waals surface area contributed by atoms with Crippen LogP contribution in [-0.4, -0.2) is 13.4 Å². The maximum absolute atomic E-state index is 12.6. The number of hydrogen-bond donors (Lipinski definition) is 0. The molecular weight excluding hydrogens is 306 g/mol. The van der Waals surface area contributed by atoms with Crippen molar-refractivity contribution < 1.29 is 12.8 Å². The standard InChI is InChI=1S/C15H13NO3S2/c1-10-5-7-12(8-6-10)21(17,18)15-11(2)19-14(16-15)13-4-3-9-20-13/h3-9H,1-2H3. The summed E-state index contributed by atoms with van der Waals surface area (Å²) in [5.74, 6) is 0.646. The molecule has 0 radical (unpaired) electrons. The van der Waals surface area contributed by atoms with Gasteiger partial charge in [0.2, 0.25) is 20.8 Å². The molecule has 0 saturated heterocycles. The first-order chi connectivity index (χ1) is 9.98. The summed E-state index contributed by atoms with van der Waals surface area (Å²) in [6, 6.07) is 10.4. The SMILES string of the molecule is Cc1ccc(S(=O)(=O)c2nc(-c3cccs3)oc2C)cc1. The van der Waals surface area contributed by atoms with Crippen LogP contribution in [0.15, 0.2) is 56.1 Å². The summed E-state index contributed by atoms with van der Waals surface area (Å²) < 4.78 is 30.8. The lowest BCUT2D eigenvalue weighted by atomic mass is 10.2. The fraction of sp³-hybridized carbons (Fsp3) is 0.133. The minimum absolute atomic E-state index is 0.0187. The van der Waals surface area contributed by atoms with Gasteiger partial charge in [-0.05, 0) is 37.4 Å². The van der Waals surface area contributed by atoms with Crippen LogP contribution in [0.2, 0.25) is 0 Å². The molecule has 0 aliphatic carbocycles. The van der Waals surface area contributed by atoms with Gasteiger partial charge in [0.1, 0.15) is 5.76 Å². The van der Waals surface area contributed by atoms with E-state index in [9.17, 15) is 8.42 Å². The number of oxazole rings is 1. The van der Waals surface area contributed by atoms with Crippen LogP contribution in [0.1, 0.15) is 11.3 Å². The first-order valence-corrected chi connectivity index (χ1v) is 8.68. The highest BCUT2D eigenvalue weighted by Gasteiger charge is 2.26. The fourth-order valence-corrected chi connectivity index (χ4v) is 3.96. The Bertz CT molecular complexity index is 860. The quantitative estimate of drug-likeness (QED) is 0.735. The molecule has 0 aliphatic rings. The van der Waals surface area contributed by atoms with Crippen LogP contribution >= 0.6 is 11.3 Å². The summed E-state index contributed by atoms with van der Waals surface area (Å²) >= 11 is 1.46. The van der Waals surface area contributed by atoms with E-state index in [0.717, 1.165) is 10.4 Å². The molecule has 3 aromatic rings. The number of thiophene rings is 1. The molecule has 2 heterocycles. The van der Waals surface area contributed by atoms with Crippen molar-refractivity contribution >= 4 is 21.2 Å². The number of hydrogen-bond acceptors (Lipinski definition) is 5. The molecule has 21 heavy (non-hydrogen) atoms. The van der Waals surface area contributed by atoms with Crippen molar-refractivity contribution in [3.05, 3.63) is 53.1 Å². The lowest BCUT2D eigenvalue weighted by Crippen LogP contribution is -2.04. The molecule has 0 bridgehead atoms. The molecule has 108 valence electrons. The Balaban J connectivity index is 2.09. The Morgan fingerprint density at radius 2 is 1.81 bits per heavy atom. The predicted molar refractivity (Wildman–Crippen MR) is 81.2 cm³/mol. The van der Waals surface area contributed by atoms with E-state index in [4.69, 9.17) is 4.42 Å². The third-order valence-electron chi connectivity index (χ3n) is 3.07. The molecule has 3 rings (SSSR count). The summed E-state index contributed by atoms with van der Waals surface area (Å²) in [4.78, 5) is 5.21. The van der Waals surface area contributed by atoms with E-state index >= 15 is 0 Å². The second-order valence-electron chi connectivity index (χ2n) is 4.67. The van der Waals surface area contributed by atoms with Gasteiger partial charge in [0.25, 0.3) is 0 Å². The lowest BCUT2D eigenvalue weighted by molar-refractivity contribution is 0.534. The monoisotopic (exact) mass is 319 g/mol. The van der Waals surface area contributed by atoms with Crippen molar-refractivity contribution in [2.75, 3.05) is 0 Å². The number of aryl methyl sites for hydroxylation is 2. The van der Waals surface area contributed by atoms with Gasteiger partial charge in [-0.15, -0.1) is 11.3 Å². The van der Waals surface area contributed by atoms with E-state index < -0.39 is 9.84 Å². The van der Waals surface area contributed by atoms with Crippen molar-refractivity contribution in [2.45, 2.75) is 23.8 Å². The first-order valence-electron chi connectivity index (χ1n) is 6.31. The Kier molecular flexibility index (Phi) is 3.43. The van der Waals surface area contributed by atoms with Gasteiger partial charge in [-0.3, -0.25) is 0 Å². The molecule has 0 atom stereocenters. The van der Waals surface area contributed by atoms with Crippen LogP contribution in [0.4, 0.5) is 0 Å². The highest BCUT2D eigenvalue weighted by molar-refractivity contribution is 7.91. The molecule has 2 aromatic heterocycles. The van der Waals surface area contributed by atoms with Gasteiger partial charge in [0, 0.05) is 0 Å². The highest BCUT2D eigenvalue weighted by atomic mass is 32.2. The molecule has 0 unspecified atom stereocenters. The van der Waals surface area contributed by atoms with Gasteiger partial charge >= 0.3 is 0 Å². The molecule has 1 aromatic carbocycles. The fourth-order valence-electron chi connectivity index (χ4n) is 1.97. The molecular formula is C15H13NO3S2. The zero-order valence-electron chi connectivity index (χ0n) is 11.5. The van der Waals surface area contributed by atoms with Gasteiger partial charge in [-0.25, -0.2) is 8.42 Å². The zero-order valence-corrected chi connectivity index (χ0v) is 13.2. The highest BCUT2D eigenvalue weighted by Crippen LogP contribution is 2.30. The lowest BCUT2D eigenvalue weighted by Gasteiger charge is -2.01. The van der Waals surface area contributed by atoms with E-state index in [1.54, 1.807) is 31.2 Å². The Morgan fingerprint density at radius 3 is 2.43 bits per heavy atom. The normalized spacial score (nSPS) is 11.7. The van der Waals surface area contributed by atoms with E-state index in [-0.39, 0.29) is 9.92 Å². The summed E-state index contributed by atoms with van der Waals surface area (Å²) in [5.41, 5.74) is 1.00. The van der Waals surface area contributed by atoms with Crippen molar-refractivity contribution in [3.63, 3.8) is 0 Å². The van der Waals surface area contributed by atoms with E-state index in [2.05, 4.69) is 4.98 Å². The van der Waals surface area contributed by atoms with Crippen LogP contribution in [0.25, 0.3) is 10.8 Å². The molecule has 0 N–H and O–H groups in total. The summed E-state index contributed by atoms with van der Waals surface area (Å²) in [7, 11) is -3.66. The topological polar surface area (TPSA) is 60.2 Å². The van der Waals surface area contributed by atoms with Crippen molar-refractivity contribution in [1.29, 1.82) is 0 Å². The van der Waals surface area contributed by atoms with E-state index in [1.165, 1.54) is 11.3 Å². The maximum atomic E-state index is 12.6. The van der Waals surface area contributed by atoms with Gasteiger partial charge in [0.15, 0.2) is 0 Å². The van der Waals surface area contributed by atoms with Gasteiger partial charge < -0.3 is 4.42 Å². The number of sulfone groups is 1. The third kappa shape index (κ3) is 2.52. The summed E-state index contributed by atoms with van der Waals surface area (Å²) in [6.07, 6.45) is 0. The van der Waals surface area contributed by atoms with Crippen LogP contribution in [0, 0.1) is 13.8 Å². The minimum Gasteiger partial charge on any atom is -0.439 e. The van der Waals surface area contributed by atoms with Gasteiger partial charge in [0.05, 0.1) is 9.77 Å². The minimum atomic E-state index is -3.66. The number of rotatable bonds is 3.